The summed E-state index contributed by atoms with van der Waals surface area (Å²) in [7, 11) is 1.81. The molecule has 0 saturated heterocycles. The SMILES string of the molecule is CN1C(=O)C(C)(C)c2cc(-c3csc(Nc4nc5ccccc5nc4Cl)n3)ccc21. The number of nitrogens with zero attached hydrogens (tertiary/aromatic N) is 4. The molecule has 0 radical (unpaired) electrons. The highest BCUT2D eigenvalue weighted by Gasteiger charge is 2.42. The van der Waals surface area contributed by atoms with E-state index in [1.54, 1.807) is 4.90 Å². The zero-order valence-electron chi connectivity index (χ0n) is 16.6. The van der Waals surface area contributed by atoms with Crippen molar-refractivity contribution >= 4 is 56.5 Å². The number of aromatic nitrogens is 3. The van der Waals surface area contributed by atoms with Crippen molar-refractivity contribution in [3.8, 4) is 11.3 Å². The van der Waals surface area contributed by atoms with Gasteiger partial charge in [0.05, 0.1) is 22.1 Å². The second kappa shape index (κ2) is 6.75. The number of hydrogen-bond acceptors (Lipinski definition) is 6. The van der Waals surface area contributed by atoms with Crippen LogP contribution in [0.5, 0.6) is 0 Å². The lowest BCUT2D eigenvalue weighted by atomic mass is 9.85. The standard InChI is InChI=1S/C22H18ClN5OS/c1-22(2)13-10-12(8-9-17(13)28(3)20(22)29)16-11-30-21(26-16)27-19-18(23)24-14-6-4-5-7-15(14)25-19/h4-11H,1-3H3,(H,25,26,27). The number of amides is 1. The van der Waals surface area contributed by atoms with Crippen LogP contribution in [0.25, 0.3) is 22.3 Å². The Hall–Kier alpha value is -3.03. The number of benzene rings is 2. The van der Waals surface area contributed by atoms with E-state index in [1.165, 1.54) is 11.3 Å². The molecule has 5 rings (SSSR count). The first-order valence-corrected chi connectivity index (χ1v) is 10.7. The second-order valence-electron chi connectivity index (χ2n) is 7.74. The van der Waals surface area contributed by atoms with E-state index in [-0.39, 0.29) is 5.91 Å². The molecule has 2 aromatic carbocycles. The van der Waals surface area contributed by atoms with Crippen LogP contribution in [0.3, 0.4) is 0 Å². The highest BCUT2D eigenvalue weighted by Crippen LogP contribution is 2.42. The summed E-state index contributed by atoms with van der Waals surface area (Å²) in [6, 6.07) is 13.6. The van der Waals surface area contributed by atoms with E-state index in [4.69, 9.17) is 16.6 Å². The third-order valence-electron chi connectivity index (χ3n) is 5.42. The maximum Gasteiger partial charge on any atom is 0.236 e. The van der Waals surface area contributed by atoms with Gasteiger partial charge in [-0.1, -0.05) is 29.8 Å². The minimum atomic E-state index is -0.550. The predicted molar refractivity (Wildman–Crippen MR) is 122 cm³/mol. The van der Waals surface area contributed by atoms with Crippen molar-refractivity contribution in [1.29, 1.82) is 0 Å². The van der Waals surface area contributed by atoms with Crippen LogP contribution in [-0.2, 0) is 10.2 Å². The Morgan fingerprint density at radius 2 is 1.80 bits per heavy atom. The van der Waals surface area contributed by atoms with Gasteiger partial charge >= 0.3 is 0 Å². The average molecular weight is 436 g/mol. The van der Waals surface area contributed by atoms with Crippen LogP contribution >= 0.6 is 22.9 Å². The third-order valence-corrected chi connectivity index (χ3v) is 6.45. The quantitative estimate of drug-likeness (QED) is 0.466. The Morgan fingerprint density at radius 1 is 1.07 bits per heavy atom. The summed E-state index contributed by atoms with van der Waals surface area (Å²) in [6.45, 7) is 3.91. The molecule has 6 nitrogen and oxygen atoms in total. The van der Waals surface area contributed by atoms with Crippen LogP contribution in [-0.4, -0.2) is 27.9 Å². The molecule has 1 N–H and O–H groups in total. The first-order chi connectivity index (χ1) is 14.3. The van der Waals surface area contributed by atoms with E-state index in [2.05, 4.69) is 21.4 Å². The molecule has 0 atom stereocenters. The fraction of sp³-hybridized carbons (Fsp3) is 0.182. The van der Waals surface area contributed by atoms with Gasteiger partial charge < -0.3 is 10.2 Å². The number of thiazole rings is 1. The molecule has 3 heterocycles. The maximum absolute atomic E-state index is 12.5. The molecule has 2 aromatic heterocycles. The smallest absolute Gasteiger partial charge is 0.236 e. The number of nitrogens with one attached hydrogen (secondary N) is 1. The van der Waals surface area contributed by atoms with Crippen molar-refractivity contribution in [1.82, 2.24) is 15.0 Å². The molecule has 0 fully saturated rings. The lowest BCUT2D eigenvalue weighted by molar-refractivity contribution is -0.121. The van der Waals surface area contributed by atoms with Crippen LogP contribution in [0.1, 0.15) is 19.4 Å². The number of rotatable bonds is 3. The van der Waals surface area contributed by atoms with Gasteiger partial charge in [0, 0.05) is 23.7 Å². The third kappa shape index (κ3) is 2.93. The number of anilines is 3. The van der Waals surface area contributed by atoms with Crippen molar-refractivity contribution < 1.29 is 4.79 Å². The van der Waals surface area contributed by atoms with Gasteiger partial charge in [0.25, 0.3) is 0 Å². The number of halogens is 1. The van der Waals surface area contributed by atoms with Crippen LogP contribution < -0.4 is 10.2 Å². The normalized spacial score (nSPS) is 14.9. The van der Waals surface area contributed by atoms with Crippen LogP contribution in [0.4, 0.5) is 16.6 Å². The van der Waals surface area contributed by atoms with Gasteiger partial charge in [0.15, 0.2) is 16.1 Å². The topological polar surface area (TPSA) is 71.0 Å². The van der Waals surface area contributed by atoms with Gasteiger partial charge in [0.2, 0.25) is 5.91 Å². The molecule has 0 bridgehead atoms. The van der Waals surface area contributed by atoms with Crippen molar-refractivity contribution in [2.75, 3.05) is 17.3 Å². The van der Waals surface area contributed by atoms with Crippen molar-refractivity contribution in [2.24, 2.45) is 0 Å². The molecule has 0 unspecified atom stereocenters. The lowest BCUT2D eigenvalue weighted by Crippen LogP contribution is -2.33. The highest BCUT2D eigenvalue weighted by atomic mass is 35.5. The average Bonchev–Trinajstić information content (AvgIpc) is 3.26. The van der Waals surface area contributed by atoms with Gasteiger partial charge in [-0.25, -0.2) is 15.0 Å². The number of fused-ring (bicyclic) bond motifs is 2. The number of hydrogen-bond donors (Lipinski definition) is 1. The number of likely N-dealkylation sites (N-methyl/N-ethyl adjacent to an activating group) is 1. The van der Waals surface area contributed by atoms with Crippen LogP contribution in [0.15, 0.2) is 47.8 Å². The zero-order chi connectivity index (χ0) is 21.0. The first kappa shape index (κ1) is 19.0. The summed E-state index contributed by atoms with van der Waals surface area (Å²) in [5.41, 5.74) is 4.70. The Labute approximate surface area is 182 Å². The first-order valence-electron chi connectivity index (χ1n) is 9.42. The highest BCUT2D eigenvalue weighted by molar-refractivity contribution is 7.14. The lowest BCUT2D eigenvalue weighted by Gasteiger charge is -2.16. The molecular formula is C22H18ClN5OS. The van der Waals surface area contributed by atoms with E-state index in [9.17, 15) is 4.79 Å². The Balaban J connectivity index is 1.47. The fourth-order valence-electron chi connectivity index (χ4n) is 3.76. The zero-order valence-corrected chi connectivity index (χ0v) is 18.2. The fourth-order valence-corrected chi connectivity index (χ4v) is 4.65. The molecule has 4 aromatic rings. The number of carbonyl (C=O) groups excluding carboxylic acids is 1. The molecule has 0 spiro atoms. The number of carbonyl (C=O) groups is 1. The monoisotopic (exact) mass is 435 g/mol. The van der Waals surface area contributed by atoms with E-state index in [0.29, 0.717) is 16.1 Å². The summed E-state index contributed by atoms with van der Waals surface area (Å²) in [5.74, 6) is 0.568. The summed E-state index contributed by atoms with van der Waals surface area (Å²) >= 11 is 7.77. The van der Waals surface area contributed by atoms with E-state index in [1.807, 2.05) is 62.7 Å². The van der Waals surface area contributed by atoms with E-state index in [0.717, 1.165) is 33.5 Å². The summed E-state index contributed by atoms with van der Waals surface area (Å²) in [6.07, 6.45) is 0. The van der Waals surface area contributed by atoms with Crippen LogP contribution in [0, 0.1) is 0 Å². The van der Waals surface area contributed by atoms with E-state index < -0.39 is 5.41 Å². The van der Waals surface area contributed by atoms with Crippen molar-refractivity contribution in [3.63, 3.8) is 0 Å². The maximum atomic E-state index is 12.5. The Bertz CT molecular complexity index is 1320. The van der Waals surface area contributed by atoms with Gasteiger partial charge in [0.1, 0.15) is 0 Å². The van der Waals surface area contributed by atoms with Crippen molar-refractivity contribution in [2.45, 2.75) is 19.3 Å². The minimum absolute atomic E-state index is 0.0970. The molecule has 0 aliphatic carbocycles. The summed E-state index contributed by atoms with van der Waals surface area (Å²) in [4.78, 5) is 27.9. The largest absolute Gasteiger partial charge is 0.314 e. The minimum Gasteiger partial charge on any atom is -0.314 e. The van der Waals surface area contributed by atoms with Crippen molar-refractivity contribution in [3.05, 3.63) is 58.6 Å². The Kier molecular flexibility index (Phi) is 4.27. The van der Waals surface area contributed by atoms with Gasteiger partial charge in [-0.15, -0.1) is 11.3 Å². The summed E-state index contributed by atoms with van der Waals surface area (Å²) < 4.78 is 0. The molecule has 8 heteroatoms. The van der Waals surface area contributed by atoms with E-state index >= 15 is 0 Å². The number of para-hydroxylation sites is 2. The molecule has 30 heavy (non-hydrogen) atoms. The molecule has 1 aliphatic heterocycles. The Morgan fingerprint density at radius 3 is 2.57 bits per heavy atom. The molecule has 0 saturated carbocycles. The van der Waals surface area contributed by atoms with Gasteiger partial charge in [-0.3, -0.25) is 4.79 Å². The van der Waals surface area contributed by atoms with Crippen LogP contribution in [0.2, 0.25) is 5.15 Å². The van der Waals surface area contributed by atoms with Gasteiger partial charge in [-0.2, -0.15) is 0 Å². The molecule has 1 amide bonds. The summed E-state index contributed by atoms with van der Waals surface area (Å²) in [5, 5.41) is 6.12. The second-order valence-corrected chi connectivity index (χ2v) is 8.95. The molecular weight excluding hydrogens is 418 g/mol. The molecule has 150 valence electrons. The predicted octanol–water partition coefficient (Wildman–Crippen LogP) is 5.40. The van der Waals surface area contributed by atoms with Gasteiger partial charge in [-0.05, 0) is 43.7 Å². The molecule has 1 aliphatic rings.